The molecule has 0 radical (unpaired) electrons. The van der Waals surface area contributed by atoms with Crippen LogP contribution in [0.15, 0.2) is 48.8 Å². The summed E-state index contributed by atoms with van der Waals surface area (Å²) in [4.78, 5) is 21.1. The second-order valence-corrected chi connectivity index (χ2v) is 4.47. The molecule has 1 aromatic carbocycles. The van der Waals surface area contributed by atoms with Crippen molar-refractivity contribution in [3.8, 4) is 0 Å². The highest BCUT2D eigenvalue weighted by atomic mass is 16.4. The zero-order valence-electron chi connectivity index (χ0n) is 10.9. The largest absolute Gasteiger partial charge is 0.481 e. The summed E-state index contributed by atoms with van der Waals surface area (Å²) < 4.78 is 1.92. The molecular formula is C16H15NO3. The number of rotatable bonds is 6. The highest BCUT2D eigenvalue weighted by molar-refractivity contribution is 5.74. The first-order valence-corrected chi connectivity index (χ1v) is 6.25. The van der Waals surface area contributed by atoms with Crippen molar-refractivity contribution in [3.05, 3.63) is 65.5 Å². The van der Waals surface area contributed by atoms with Gasteiger partial charge in [-0.15, -0.1) is 0 Å². The van der Waals surface area contributed by atoms with E-state index in [2.05, 4.69) is 0 Å². The van der Waals surface area contributed by atoms with Gasteiger partial charge in [0.1, 0.15) is 0 Å². The van der Waals surface area contributed by atoms with E-state index < -0.39 is 5.97 Å². The number of carboxylic acid groups (broad SMARTS) is 1. The Morgan fingerprint density at radius 1 is 1.15 bits per heavy atom. The van der Waals surface area contributed by atoms with Crippen molar-refractivity contribution in [3.63, 3.8) is 0 Å². The predicted octanol–water partition coefficient (Wildman–Crippen LogP) is 2.64. The van der Waals surface area contributed by atoms with Crippen LogP contribution in [-0.2, 0) is 17.8 Å². The first-order chi connectivity index (χ1) is 9.67. The molecule has 0 aliphatic carbocycles. The van der Waals surface area contributed by atoms with Crippen LogP contribution in [0.25, 0.3) is 6.08 Å². The van der Waals surface area contributed by atoms with Crippen molar-refractivity contribution in [1.29, 1.82) is 0 Å². The van der Waals surface area contributed by atoms with Gasteiger partial charge in [0.15, 0.2) is 6.29 Å². The number of carbonyl (C=O) groups is 2. The molecule has 0 saturated carbocycles. The van der Waals surface area contributed by atoms with Gasteiger partial charge in [0.25, 0.3) is 0 Å². The average Bonchev–Trinajstić information content (AvgIpc) is 2.88. The van der Waals surface area contributed by atoms with E-state index in [-0.39, 0.29) is 6.42 Å². The van der Waals surface area contributed by atoms with Gasteiger partial charge in [-0.2, -0.15) is 0 Å². The number of carboxylic acids is 1. The first kappa shape index (κ1) is 13.8. The number of carbonyl (C=O) groups excluding carboxylic acids is 1. The number of hydrogen-bond donors (Lipinski definition) is 1. The predicted molar refractivity (Wildman–Crippen MR) is 76.6 cm³/mol. The fourth-order valence-electron chi connectivity index (χ4n) is 1.87. The Balaban J connectivity index is 1.93. The number of nitrogens with zero attached hydrogens (tertiary/aromatic N) is 1. The molecule has 0 saturated heterocycles. The Labute approximate surface area is 117 Å². The number of aliphatic carboxylic acids is 1. The average molecular weight is 269 g/mol. The topological polar surface area (TPSA) is 59.3 Å². The van der Waals surface area contributed by atoms with E-state index in [1.54, 1.807) is 12.3 Å². The monoisotopic (exact) mass is 269 g/mol. The van der Waals surface area contributed by atoms with Crippen LogP contribution in [0, 0.1) is 0 Å². The van der Waals surface area contributed by atoms with Crippen molar-refractivity contribution in [1.82, 2.24) is 4.57 Å². The van der Waals surface area contributed by atoms with Crippen molar-refractivity contribution in [2.75, 3.05) is 0 Å². The number of aldehydes is 1. The minimum Gasteiger partial charge on any atom is -0.481 e. The summed E-state index contributed by atoms with van der Waals surface area (Å²) in [5.41, 5.74) is 2.47. The maximum absolute atomic E-state index is 10.6. The maximum atomic E-state index is 10.6. The standard InChI is InChI=1S/C16H15NO3/c18-12-15-7-9-17(11-15)8-1-2-13-3-5-14(6-4-13)10-16(19)20/h1-7,9,11-12H,8,10H2,(H,19,20)/b2-1+. The zero-order chi connectivity index (χ0) is 14.4. The SMILES string of the molecule is O=Cc1ccn(C/C=C/c2ccc(CC(=O)O)cc2)c1. The minimum atomic E-state index is -0.827. The van der Waals surface area contributed by atoms with E-state index in [0.29, 0.717) is 12.1 Å². The summed E-state index contributed by atoms with van der Waals surface area (Å²) in [6, 6.07) is 9.17. The van der Waals surface area contributed by atoms with E-state index in [9.17, 15) is 9.59 Å². The van der Waals surface area contributed by atoms with Gasteiger partial charge in [0, 0.05) is 24.5 Å². The second-order valence-electron chi connectivity index (χ2n) is 4.47. The molecule has 0 unspecified atom stereocenters. The van der Waals surface area contributed by atoms with Gasteiger partial charge in [-0.25, -0.2) is 0 Å². The summed E-state index contributed by atoms with van der Waals surface area (Å²) >= 11 is 0. The third-order valence-corrected chi connectivity index (χ3v) is 2.87. The molecule has 1 N–H and O–H groups in total. The molecule has 0 amide bonds. The van der Waals surface area contributed by atoms with Gasteiger partial charge in [-0.1, -0.05) is 36.4 Å². The van der Waals surface area contributed by atoms with Gasteiger partial charge in [0.2, 0.25) is 0 Å². The highest BCUT2D eigenvalue weighted by Gasteiger charge is 1.99. The third kappa shape index (κ3) is 3.95. The summed E-state index contributed by atoms with van der Waals surface area (Å²) in [7, 11) is 0. The Kier molecular flexibility index (Phi) is 4.50. The van der Waals surface area contributed by atoms with E-state index in [1.165, 1.54) is 0 Å². The maximum Gasteiger partial charge on any atom is 0.307 e. The normalized spacial score (nSPS) is 10.8. The molecule has 2 aromatic rings. The van der Waals surface area contributed by atoms with Gasteiger partial charge in [0.05, 0.1) is 6.42 Å². The number of hydrogen-bond acceptors (Lipinski definition) is 2. The lowest BCUT2D eigenvalue weighted by molar-refractivity contribution is -0.136. The molecular weight excluding hydrogens is 254 g/mol. The molecule has 1 aromatic heterocycles. The van der Waals surface area contributed by atoms with Crippen LogP contribution in [-0.4, -0.2) is 21.9 Å². The minimum absolute atomic E-state index is 0.0435. The summed E-state index contributed by atoms with van der Waals surface area (Å²) in [5, 5.41) is 8.68. The van der Waals surface area contributed by atoms with Gasteiger partial charge >= 0.3 is 5.97 Å². The van der Waals surface area contributed by atoms with E-state index in [1.807, 2.05) is 47.2 Å². The van der Waals surface area contributed by atoms with Crippen LogP contribution in [0.2, 0.25) is 0 Å². The van der Waals surface area contributed by atoms with Crippen molar-refractivity contribution in [2.24, 2.45) is 0 Å². The number of allylic oxidation sites excluding steroid dienone is 1. The molecule has 4 nitrogen and oxygen atoms in total. The highest BCUT2D eigenvalue weighted by Crippen LogP contribution is 2.07. The quantitative estimate of drug-likeness (QED) is 0.820. The summed E-state index contributed by atoms with van der Waals surface area (Å²) in [5.74, 6) is -0.827. The van der Waals surface area contributed by atoms with Crippen LogP contribution in [0.5, 0.6) is 0 Å². The van der Waals surface area contributed by atoms with Crippen LogP contribution >= 0.6 is 0 Å². The Morgan fingerprint density at radius 3 is 2.50 bits per heavy atom. The molecule has 0 atom stereocenters. The van der Waals surface area contributed by atoms with Crippen LogP contribution in [0.1, 0.15) is 21.5 Å². The zero-order valence-corrected chi connectivity index (χ0v) is 10.9. The van der Waals surface area contributed by atoms with Gasteiger partial charge < -0.3 is 9.67 Å². The Morgan fingerprint density at radius 2 is 1.90 bits per heavy atom. The smallest absolute Gasteiger partial charge is 0.307 e. The molecule has 0 aliphatic heterocycles. The molecule has 0 aliphatic rings. The molecule has 4 heteroatoms. The van der Waals surface area contributed by atoms with Crippen molar-refractivity contribution in [2.45, 2.75) is 13.0 Å². The Hall–Kier alpha value is -2.62. The molecule has 20 heavy (non-hydrogen) atoms. The fraction of sp³-hybridized carbons (Fsp3) is 0.125. The van der Waals surface area contributed by atoms with Crippen molar-refractivity contribution < 1.29 is 14.7 Å². The van der Waals surface area contributed by atoms with Crippen molar-refractivity contribution >= 4 is 18.3 Å². The van der Waals surface area contributed by atoms with E-state index >= 15 is 0 Å². The second kappa shape index (κ2) is 6.52. The lowest BCUT2D eigenvalue weighted by Crippen LogP contribution is -1.99. The fourth-order valence-corrected chi connectivity index (χ4v) is 1.87. The van der Waals surface area contributed by atoms with Crippen LogP contribution < -0.4 is 0 Å². The Bertz CT molecular complexity index is 623. The van der Waals surface area contributed by atoms with Gasteiger partial charge in [-0.05, 0) is 17.2 Å². The molecule has 1 heterocycles. The van der Waals surface area contributed by atoms with Crippen LogP contribution in [0.4, 0.5) is 0 Å². The molecule has 102 valence electrons. The summed E-state index contributed by atoms with van der Waals surface area (Å²) in [6.07, 6.45) is 8.45. The van der Waals surface area contributed by atoms with Gasteiger partial charge in [-0.3, -0.25) is 9.59 Å². The molecule has 2 rings (SSSR count). The molecule has 0 spiro atoms. The lowest BCUT2D eigenvalue weighted by Gasteiger charge is -1.99. The molecule has 0 fully saturated rings. The number of benzene rings is 1. The summed E-state index contributed by atoms with van der Waals surface area (Å²) in [6.45, 7) is 0.685. The lowest BCUT2D eigenvalue weighted by atomic mass is 10.1. The van der Waals surface area contributed by atoms with E-state index in [0.717, 1.165) is 17.4 Å². The van der Waals surface area contributed by atoms with E-state index in [4.69, 9.17) is 5.11 Å². The molecule has 0 bridgehead atoms. The first-order valence-electron chi connectivity index (χ1n) is 6.25. The van der Waals surface area contributed by atoms with Crippen LogP contribution in [0.3, 0.4) is 0 Å². The third-order valence-electron chi connectivity index (χ3n) is 2.87. The number of aromatic nitrogens is 1.